The second-order valence-corrected chi connectivity index (χ2v) is 6.22. The summed E-state index contributed by atoms with van der Waals surface area (Å²) in [6, 6.07) is 0. The topological polar surface area (TPSA) is 9.23 Å². The Morgan fingerprint density at radius 3 is 2.53 bits per heavy atom. The van der Waals surface area contributed by atoms with Gasteiger partial charge in [0.15, 0.2) is 0 Å². The molecule has 0 aromatic heterocycles. The number of hydrogen-bond donors (Lipinski definition) is 0. The lowest BCUT2D eigenvalue weighted by atomic mass is 9.98. The van der Waals surface area contributed by atoms with E-state index in [9.17, 15) is 0 Å². The van der Waals surface area contributed by atoms with E-state index in [0.717, 1.165) is 10.5 Å². The molecule has 0 aromatic carbocycles. The molecule has 2 atom stereocenters. The third-order valence-corrected chi connectivity index (χ3v) is 4.63. The second-order valence-electron chi connectivity index (χ2n) is 4.62. The van der Waals surface area contributed by atoms with Crippen LogP contribution in [0.1, 0.15) is 64.7 Å². The summed E-state index contributed by atoms with van der Waals surface area (Å²) in [4.78, 5) is 0. The lowest BCUT2D eigenvalue weighted by Gasteiger charge is -2.27. The maximum atomic E-state index is 5.97. The van der Waals surface area contributed by atoms with Crippen molar-refractivity contribution in [1.82, 2.24) is 0 Å². The molecule has 0 N–H and O–H groups in total. The molecule has 0 amide bonds. The lowest BCUT2D eigenvalue weighted by Crippen LogP contribution is -2.28. The summed E-state index contributed by atoms with van der Waals surface area (Å²) >= 11 is 2.57. The van der Waals surface area contributed by atoms with Crippen molar-refractivity contribution in [1.29, 1.82) is 0 Å². The normalized spacial score (nSPS) is 26.8. The number of ether oxygens (including phenoxy) is 1. The van der Waals surface area contributed by atoms with E-state index >= 15 is 0 Å². The molecule has 1 aliphatic carbocycles. The predicted octanol–water partition coefficient (Wildman–Crippen LogP) is 4.72. The molecular weight excluding hydrogens is 299 g/mol. The van der Waals surface area contributed by atoms with Crippen LogP contribution in [0, 0.1) is 0 Å². The summed E-state index contributed by atoms with van der Waals surface area (Å²) in [6.45, 7) is 3.26. The van der Waals surface area contributed by atoms with Crippen LogP contribution in [-0.4, -0.2) is 16.6 Å². The van der Waals surface area contributed by atoms with Crippen molar-refractivity contribution in [3.05, 3.63) is 0 Å². The summed E-state index contributed by atoms with van der Waals surface area (Å²) < 4.78 is 6.74. The minimum absolute atomic E-state index is 0.561. The van der Waals surface area contributed by atoms with Crippen LogP contribution in [0.15, 0.2) is 0 Å². The Balaban J connectivity index is 1.94. The fraction of sp³-hybridized carbons (Fsp3) is 1.00. The van der Waals surface area contributed by atoms with Crippen LogP contribution < -0.4 is 0 Å². The summed E-state index contributed by atoms with van der Waals surface area (Å²) in [6.07, 6.45) is 12.7. The molecule has 1 fully saturated rings. The van der Waals surface area contributed by atoms with Gasteiger partial charge in [-0.3, -0.25) is 0 Å². The van der Waals surface area contributed by atoms with E-state index in [2.05, 4.69) is 29.5 Å². The lowest BCUT2D eigenvalue weighted by molar-refractivity contribution is 0.0340. The van der Waals surface area contributed by atoms with E-state index in [0.29, 0.717) is 6.10 Å². The highest BCUT2D eigenvalue weighted by atomic mass is 127. The molecule has 0 heterocycles. The minimum atomic E-state index is 0.561. The summed E-state index contributed by atoms with van der Waals surface area (Å²) in [7, 11) is 0. The van der Waals surface area contributed by atoms with Crippen molar-refractivity contribution >= 4 is 22.6 Å². The standard InChI is InChI=1S/C13H25IO/c1-2-3-4-5-8-11-15-13-10-7-6-9-12(13)14/h12-13H,2-11H2,1H3. The number of hydrogen-bond acceptors (Lipinski definition) is 1. The van der Waals surface area contributed by atoms with Gasteiger partial charge in [-0.05, 0) is 19.3 Å². The first-order chi connectivity index (χ1) is 7.34. The molecular formula is C13H25IO. The van der Waals surface area contributed by atoms with Gasteiger partial charge in [0.25, 0.3) is 0 Å². The molecule has 2 unspecified atom stereocenters. The smallest absolute Gasteiger partial charge is 0.0692 e. The Labute approximate surface area is 108 Å². The average Bonchev–Trinajstić information content (AvgIpc) is 2.25. The first kappa shape index (κ1) is 13.8. The van der Waals surface area contributed by atoms with Gasteiger partial charge in [-0.2, -0.15) is 0 Å². The van der Waals surface area contributed by atoms with Gasteiger partial charge in [-0.1, -0.05) is 68.0 Å². The fourth-order valence-electron chi connectivity index (χ4n) is 2.18. The third-order valence-electron chi connectivity index (χ3n) is 3.20. The zero-order valence-corrected chi connectivity index (χ0v) is 12.2. The van der Waals surface area contributed by atoms with E-state index in [1.807, 2.05) is 0 Å². The van der Waals surface area contributed by atoms with Crippen molar-refractivity contribution in [2.24, 2.45) is 0 Å². The molecule has 15 heavy (non-hydrogen) atoms. The maximum absolute atomic E-state index is 5.97. The number of unbranched alkanes of at least 4 members (excludes halogenated alkanes) is 4. The zero-order valence-electron chi connectivity index (χ0n) is 10.0. The van der Waals surface area contributed by atoms with Gasteiger partial charge in [0.2, 0.25) is 0 Å². The van der Waals surface area contributed by atoms with Gasteiger partial charge in [-0.25, -0.2) is 0 Å². The molecule has 0 aromatic rings. The van der Waals surface area contributed by atoms with Gasteiger partial charge in [-0.15, -0.1) is 0 Å². The first-order valence-electron chi connectivity index (χ1n) is 6.60. The maximum Gasteiger partial charge on any atom is 0.0692 e. The van der Waals surface area contributed by atoms with Crippen molar-refractivity contribution < 1.29 is 4.74 Å². The minimum Gasteiger partial charge on any atom is -0.377 e. The Hall–Kier alpha value is 0.690. The van der Waals surface area contributed by atoms with Gasteiger partial charge >= 0.3 is 0 Å². The highest BCUT2D eigenvalue weighted by Gasteiger charge is 2.22. The molecule has 0 spiro atoms. The summed E-state index contributed by atoms with van der Waals surface area (Å²) in [5.74, 6) is 0. The van der Waals surface area contributed by atoms with Gasteiger partial charge in [0.05, 0.1) is 6.10 Å². The largest absolute Gasteiger partial charge is 0.377 e. The second kappa shape index (κ2) is 8.80. The molecule has 1 aliphatic rings. The molecule has 90 valence electrons. The van der Waals surface area contributed by atoms with E-state index < -0.39 is 0 Å². The van der Waals surface area contributed by atoms with Crippen molar-refractivity contribution in [3.63, 3.8) is 0 Å². The Bertz CT molecular complexity index is 149. The van der Waals surface area contributed by atoms with Crippen molar-refractivity contribution in [3.8, 4) is 0 Å². The van der Waals surface area contributed by atoms with Crippen LogP contribution in [0.5, 0.6) is 0 Å². The van der Waals surface area contributed by atoms with Crippen LogP contribution in [0.25, 0.3) is 0 Å². The monoisotopic (exact) mass is 324 g/mol. The molecule has 1 nitrogen and oxygen atoms in total. The quantitative estimate of drug-likeness (QED) is 0.374. The van der Waals surface area contributed by atoms with E-state index in [4.69, 9.17) is 4.74 Å². The molecule has 0 aliphatic heterocycles. The molecule has 0 saturated heterocycles. The Kier molecular flexibility index (Phi) is 8.07. The van der Waals surface area contributed by atoms with Crippen LogP contribution >= 0.6 is 22.6 Å². The van der Waals surface area contributed by atoms with Gasteiger partial charge in [0.1, 0.15) is 0 Å². The summed E-state index contributed by atoms with van der Waals surface area (Å²) in [5, 5.41) is 0. The average molecular weight is 324 g/mol. The van der Waals surface area contributed by atoms with E-state index in [-0.39, 0.29) is 0 Å². The Morgan fingerprint density at radius 1 is 1.07 bits per heavy atom. The SMILES string of the molecule is CCCCCCCOC1CCCCC1I. The fourth-order valence-corrected chi connectivity index (χ4v) is 3.19. The molecule has 0 bridgehead atoms. The van der Waals surface area contributed by atoms with Crippen molar-refractivity contribution in [2.45, 2.75) is 74.7 Å². The molecule has 2 heteroatoms. The molecule has 1 saturated carbocycles. The zero-order chi connectivity index (χ0) is 10.9. The summed E-state index contributed by atoms with van der Waals surface area (Å²) in [5.41, 5.74) is 0. The number of halogens is 1. The van der Waals surface area contributed by atoms with Crippen LogP contribution in [0.3, 0.4) is 0 Å². The highest BCUT2D eigenvalue weighted by Crippen LogP contribution is 2.27. The van der Waals surface area contributed by atoms with E-state index in [1.54, 1.807) is 0 Å². The van der Waals surface area contributed by atoms with Gasteiger partial charge < -0.3 is 4.74 Å². The third kappa shape index (κ3) is 6.10. The van der Waals surface area contributed by atoms with Crippen LogP contribution in [0.4, 0.5) is 0 Å². The predicted molar refractivity (Wildman–Crippen MR) is 74.8 cm³/mol. The molecule has 1 rings (SSSR count). The van der Waals surface area contributed by atoms with Gasteiger partial charge in [0, 0.05) is 10.5 Å². The number of rotatable bonds is 7. The Morgan fingerprint density at radius 2 is 1.80 bits per heavy atom. The number of alkyl halides is 1. The van der Waals surface area contributed by atoms with Crippen LogP contribution in [0.2, 0.25) is 0 Å². The van der Waals surface area contributed by atoms with E-state index in [1.165, 1.54) is 57.8 Å². The first-order valence-corrected chi connectivity index (χ1v) is 7.85. The highest BCUT2D eigenvalue weighted by molar-refractivity contribution is 14.1. The molecule has 0 radical (unpaired) electrons. The van der Waals surface area contributed by atoms with Crippen LogP contribution in [-0.2, 0) is 4.74 Å². The van der Waals surface area contributed by atoms with Crippen molar-refractivity contribution in [2.75, 3.05) is 6.61 Å².